The van der Waals surface area contributed by atoms with Gasteiger partial charge in [-0.2, -0.15) is 0 Å². The molecule has 0 atom stereocenters. The summed E-state index contributed by atoms with van der Waals surface area (Å²) in [7, 11) is 0. The van der Waals surface area contributed by atoms with Crippen LogP contribution in [0.2, 0.25) is 0 Å². The lowest BCUT2D eigenvalue weighted by Crippen LogP contribution is -2.20. The third kappa shape index (κ3) is 1.89. The van der Waals surface area contributed by atoms with Crippen molar-refractivity contribution in [2.45, 2.75) is 6.42 Å². The maximum absolute atomic E-state index is 12.5. The summed E-state index contributed by atoms with van der Waals surface area (Å²) in [6, 6.07) is 0. The van der Waals surface area contributed by atoms with Crippen LogP contribution in [0.15, 0.2) is 18.5 Å². The Bertz CT molecular complexity index is 318. The van der Waals surface area contributed by atoms with Gasteiger partial charge in [0.05, 0.1) is 12.4 Å². The van der Waals surface area contributed by atoms with Crippen LogP contribution < -0.4 is 5.32 Å². The predicted octanol–water partition coefficient (Wildman–Crippen LogP) is 0.992. The first kappa shape index (κ1) is 8.31. The summed E-state index contributed by atoms with van der Waals surface area (Å²) in [5, 5.41) is 3.19. The standard InChI is InChI=1S/C9H10FN3/c10-8-5-12-9(13-6-8)7-1-3-11-4-2-7/h1,5-6,11H,2-4H2. The van der Waals surface area contributed by atoms with Crippen LogP contribution in [0.25, 0.3) is 5.57 Å². The quantitative estimate of drug-likeness (QED) is 0.698. The molecular weight excluding hydrogens is 169 g/mol. The van der Waals surface area contributed by atoms with E-state index in [4.69, 9.17) is 0 Å². The van der Waals surface area contributed by atoms with Gasteiger partial charge in [-0.25, -0.2) is 14.4 Å². The summed E-state index contributed by atoms with van der Waals surface area (Å²) in [6.07, 6.45) is 5.35. The van der Waals surface area contributed by atoms with Crippen LogP contribution in [0.4, 0.5) is 4.39 Å². The lowest BCUT2D eigenvalue weighted by molar-refractivity contribution is 0.611. The van der Waals surface area contributed by atoms with Crippen molar-refractivity contribution in [1.29, 1.82) is 0 Å². The highest BCUT2D eigenvalue weighted by molar-refractivity contribution is 5.60. The van der Waals surface area contributed by atoms with E-state index in [0.29, 0.717) is 5.82 Å². The van der Waals surface area contributed by atoms with Gasteiger partial charge in [0.2, 0.25) is 0 Å². The van der Waals surface area contributed by atoms with Crippen LogP contribution in [-0.4, -0.2) is 23.1 Å². The largest absolute Gasteiger partial charge is 0.313 e. The second kappa shape index (κ2) is 3.62. The first-order valence-corrected chi connectivity index (χ1v) is 4.24. The number of hydrogen-bond acceptors (Lipinski definition) is 3. The lowest BCUT2D eigenvalue weighted by Gasteiger charge is -2.11. The molecule has 2 heterocycles. The van der Waals surface area contributed by atoms with Gasteiger partial charge in [-0.3, -0.25) is 0 Å². The topological polar surface area (TPSA) is 37.8 Å². The van der Waals surface area contributed by atoms with E-state index in [1.807, 2.05) is 6.08 Å². The Kier molecular flexibility index (Phi) is 2.31. The van der Waals surface area contributed by atoms with Gasteiger partial charge in [0.25, 0.3) is 0 Å². The molecule has 0 saturated heterocycles. The summed E-state index contributed by atoms with van der Waals surface area (Å²) in [6.45, 7) is 1.78. The van der Waals surface area contributed by atoms with Gasteiger partial charge >= 0.3 is 0 Å². The zero-order valence-electron chi connectivity index (χ0n) is 7.13. The first-order chi connectivity index (χ1) is 6.36. The summed E-state index contributed by atoms with van der Waals surface area (Å²) in [5.41, 5.74) is 1.10. The number of rotatable bonds is 1. The van der Waals surface area contributed by atoms with Gasteiger partial charge in [-0.15, -0.1) is 0 Å². The van der Waals surface area contributed by atoms with E-state index in [0.717, 1.165) is 25.1 Å². The highest BCUT2D eigenvalue weighted by Crippen LogP contribution is 2.14. The molecule has 0 fully saturated rings. The monoisotopic (exact) mass is 179 g/mol. The SMILES string of the molecule is Fc1cnc(C2=CCNCC2)nc1. The van der Waals surface area contributed by atoms with E-state index >= 15 is 0 Å². The molecule has 0 saturated carbocycles. The van der Waals surface area contributed by atoms with Crippen LogP contribution in [-0.2, 0) is 0 Å². The van der Waals surface area contributed by atoms with Crippen LogP contribution in [0.3, 0.4) is 0 Å². The summed E-state index contributed by atoms with van der Waals surface area (Å²) in [5.74, 6) is 0.251. The fourth-order valence-electron chi connectivity index (χ4n) is 1.30. The third-order valence-corrected chi connectivity index (χ3v) is 1.97. The molecule has 0 spiro atoms. The summed E-state index contributed by atoms with van der Waals surface area (Å²) < 4.78 is 12.5. The van der Waals surface area contributed by atoms with Crippen LogP contribution in [0, 0.1) is 5.82 Å². The summed E-state index contributed by atoms with van der Waals surface area (Å²) in [4.78, 5) is 7.84. The van der Waals surface area contributed by atoms with Gasteiger partial charge in [0.15, 0.2) is 11.6 Å². The third-order valence-electron chi connectivity index (χ3n) is 1.97. The zero-order valence-corrected chi connectivity index (χ0v) is 7.13. The molecule has 0 bridgehead atoms. The van der Waals surface area contributed by atoms with Crippen molar-refractivity contribution in [3.8, 4) is 0 Å². The second-order valence-corrected chi connectivity index (χ2v) is 2.91. The fourth-order valence-corrected chi connectivity index (χ4v) is 1.30. The van der Waals surface area contributed by atoms with Gasteiger partial charge in [-0.05, 0) is 18.5 Å². The molecule has 1 aromatic rings. The van der Waals surface area contributed by atoms with Crippen molar-refractivity contribution in [1.82, 2.24) is 15.3 Å². The smallest absolute Gasteiger partial charge is 0.159 e. The van der Waals surface area contributed by atoms with Gasteiger partial charge in [0.1, 0.15) is 0 Å². The molecule has 4 heteroatoms. The number of nitrogens with zero attached hydrogens (tertiary/aromatic N) is 2. The number of halogens is 1. The van der Waals surface area contributed by atoms with Crippen molar-refractivity contribution in [3.05, 3.63) is 30.1 Å². The Morgan fingerprint density at radius 1 is 1.31 bits per heavy atom. The molecule has 13 heavy (non-hydrogen) atoms. The molecule has 1 aromatic heterocycles. The van der Waals surface area contributed by atoms with Crippen molar-refractivity contribution >= 4 is 5.57 Å². The molecule has 3 nitrogen and oxygen atoms in total. The van der Waals surface area contributed by atoms with Crippen molar-refractivity contribution in [3.63, 3.8) is 0 Å². The lowest BCUT2D eigenvalue weighted by atomic mass is 10.1. The molecule has 0 aliphatic carbocycles. The molecule has 1 aliphatic heterocycles. The fraction of sp³-hybridized carbons (Fsp3) is 0.333. The van der Waals surface area contributed by atoms with Crippen molar-refractivity contribution in [2.75, 3.05) is 13.1 Å². The van der Waals surface area contributed by atoms with Gasteiger partial charge in [0, 0.05) is 6.54 Å². The molecule has 1 N–H and O–H groups in total. The Morgan fingerprint density at radius 3 is 2.69 bits per heavy atom. The maximum atomic E-state index is 12.5. The highest BCUT2D eigenvalue weighted by Gasteiger charge is 2.07. The minimum atomic E-state index is -0.390. The van der Waals surface area contributed by atoms with Gasteiger partial charge in [-0.1, -0.05) is 6.08 Å². The normalized spacial score (nSPS) is 16.8. The number of aromatic nitrogens is 2. The maximum Gasteiger partial charge on any atom is 0.159 e. The van der Waals surface area contributed by atoms with Gasteiger partial charge < -0.3 is 5.32 Å². The Balaban J connectivity index is 2.24. The minimum Gasteiger partial charge on any atom is -0.313 e. The van der Waals surface area contributed by atoms with E-state index in [-0.39, 0.29) is 0 Å². The first-order valence-electron chi connectivity index (χ1n) is 4.24. The molecule has 68 valence electrons. The van der Waals surface area contributed by atoms with Crippen molar-refractivity contribution in [2.24, 2.45) is 0 Å². The van der Waals surface area contributed by atoms with E-state index in [1.165, 1.54) is 12.4 Å². The molecule has 2 rings (SSSR count). The average molecular weight is 179 g/mol. The van der Waals surface area contributed by atoms with Crippen LogP contribution in [0.5, 0.6) is 0 Å². The van der Waals surface area contributed by atoms with E-state index in [9.17, 15) is 4.39 Å². The van der Waals surface area contributed by atoms with Crippen LogP contribution in [0.1, 0.15) is 12.2 Å². The van der Waals surface area contributed by atoms with E-state index in [2.05, 4.69) is 15.3 Å². The Morgan fingerprint density at radius 2 is 2.08 bits per heavy atom. The average Bonchev–Trinajstić information content (AvgIpc) is 2.20. The molecular formula is C9H10FN3. The Hall–Kier alpha value is -1.29. The molecule has 0 unspecified atom stereocenters. The number of nitrogens with one attached hydrogen (secondary N) is 1. The highest BCUT2D eigenvalue weighted by atomic mass is 19.1. The van der Waals surface area contributed by atoms with Crippen molar-refractivity contribution < 1.29 is 4.39 Å². The van der Waals surface area contributed by atoms with E-state index in [1.54, 1.807) is 0 Å². The zero-order chi connectivity index (χ0) is 9.10. The molecule has 1 aliphatic rings. The van der Waals surface area contributed by atoms with Crippen LogP contribution >= 0.6 is 0 Å². The number of hydrogen-bond donors (Lipinski definition) is 1. The second-order valence-electron chi connectivity index (χ2n) is 2.91. The molecule has 0 aromatic carbocycles. The molecule has 0 radical (unpaired) electrons. The minimum absolute atomic E-state index is 0.390. The molecule has 0 amide bonds. The summed E-state index contributed by atoms with van der Waals surface area (Å²) >= 11 is 0. The Labute approximate surface area is 75.7 Å². The predicted molar refractivity (Wildman–Crippen MR) is 47.5 cm³/mol. The van der Waals surface area contributed by atoms with E-state index < -0.39 is 5.82 Å².